The first-order valence-electron chi connectivity index (χ1n) is 9.32. The molecule has 2 saturated carbocycles. The van der Waals surface area contributed by atoms with Crippen LogP contribution in [0.3, 0.4) is 0 Å². The third-order valence-corrected chi connectivity index (χ3v) is 5.92. The summed E-state index contributed by atoms with van der Waals surface area (Å²) in [6, 6.07) is 8.11. The predicted octanol–water partition coefficient (Wildman–Crippen LogP) is 2.39. The normalized spacial score (nSPS) is 26.7. The number of aromatic nitrogens is 2. The number of amides is 1. The number of carbonyl (C=O) groups excluding carboxylic acids is 1. The van der Waals surface area contributed by atoms with Crippen LogP contribution in [0.5, 0.6) is 0 Å². The van der Waals surface area contributed by atoms with Gasteiger partial charge in [-0.2, -0.15) is 4.98 Å². The predicted molar refractivity (Wildman–Crippen MR) is 95.6 cm³/mol. The van der Waals surface area contributed by atoms with Gasteiger partial charge in [-0.3, -0.25) is 4.79 Å². The van der Waals surface area contributed by atoms with Crippen molar-refractivity contribution in [2.45, 2.75) is 57.0 Å². The van der Waals surface area contributed by atoms with Gasteiger partial charge in [-0.1, -0.05) is 29.4 Å². The molecule has 2 N–H and O–H groups in total. The van der Waals surface area contributed by atoms with E-state index in [1.54, 1.807) is 6.92 Å². The summed E-state index contributed by atoms with van der Waals surface area (Å²) in [4.78, 5) is 17.1. The summed E-state index contributed by atoms with van der Waals surface area (Å²) in [5.74, 6) is 1.37. The number of aliphatic hydroxyl groups excluding tert-OH is 1. The molecule has 1 heterocycles. The van der Waals surface area contributed by atoms with Crippen molar-refractivity contribution in [2.24, 2.45) is 5.92 Å². The minimum atomic E-state index is -0.457. The Morgan fingerprint density at radius 2 is 2.08 bits per heavy atom. The average molecular weight is 355 g/mol. The van der Waals surface area contributed by atoms with E-state index in [4.69, 9.17) is 4.52 Å². The number of nitrogens with zero attached hydrogens (tertiary/aromatic N) is 2. The van der Waals surface area contributed by atoms with Crippen LogP contribution < -0.4 is 5.32 Å². The standard InChI is InChI=1S/C20H25N3O3/c1-12-5-3-4-6-16(12)20(7-8-20)19(25)21-11-15-9-14(10-17(15)24)18-22-13(2)23-26-18/h3-6,14-15,17,24H,7-11H2,1-2H3,(H,21,25)/t14-,15+,17+/m0/s1. The molecule has 0 unspecified atom stereocenters. The van der Waals surface area contributed by atoms with E-state index in [1.165, 1.54) is 0 Å². The Labute approximate surface area is 153 Å². The van der Waals surface area contributed by atoms with E-state index in [2.05, 4.69) is 34.5 Å². The highest BCUT2D eigenvalue weighted by atomic mass is 16.5. The fraction of sp³-hybridized carbons (Fsp3) is 0.550. The zero-order valence-electron chi connectivity index (χ0n) is 15.2. The van der Waals surface area contributed by atoms with Crippen LogP contribution in [-0.4, -0.2) is 33.8 Å². The second-order valence-electron chi connectivity index (χ2n) is 7.78. The van der Waals surface area contributed by atoms with Crippen molar-refractivity contribution in [3.63, 3.8) is 0 Å². The highest BCUT2D eigenvalue weighted by Crippen LogP contribution is 2.49. The Bertz CT molecular complexity index is 812. The molecular weight excluding hydrogens is 330 g/mol. The Morgan fingerprint density at radius 1 is 1.31 bits per heavy atom. The van der Waals surface area contributed by atoms with Crippen LogP contribution in [0.25, 0.3) is 0 Å². The third-order valence-electron chi connectivity index (χ3n) is 5.92. The van der Waals surface area contributed by atoms with Crippen LogP contribution in [0, 0.1) is 19.8 Å². The van der Waals surface area contributed by atoms with E-state index in [0.717, 1.165) is 30.4 Å². The van der Waals surface area contributed by atoms with Crippen LogP contribution in [0.15, 0.2) is 28.8 Å². The SMILES string of the molecule is Cc1noc([C@H]2C[C@H](CNC(=O)C3(c4ccccc4C)CC3)[C@H](O)C2)n1. The molecule has 6 heteroatoms. The highest BCUT2D eigenvalue weighted by molar-refractivity contribution is 5.91. The van der Waals surface area contributed by atoms with Gasteiger partial charge in [0.1, 0.15) is 0 Å². The minimum Gasteiger partial charge on any atom is -0.393 e. The van der Waals surface area contributed by atoms with Gasteiger partial charge in [0.2, 0.25) is 11.8 Å². The molecule has 1 amide bonds. The molecule has 4 rings (SSSR count). The zero-order valence-corrected chi connectivity index (χ0v) is 15.2. The lowest BCUT2D eigenvalue weighted by atomic mass is 9.91. The number of aliphatic hydroxyl groups is 1. The molecule has 3 atom stereocenters. The van der Waals surface area contributed by atoms with Crippen LogP contribution >= 0.6 is 0 Å². The lowest BCUT2D eigenvalue weighted by Crippen LogP contribution is -2.39. The van der Waals surface area contributed by atoms with Crippen molar-refractivity contribution >= 4 is 5.91 Å². The van der Waals surface area contributed by atoms with Gasteiger partial charge >= 0.3 is 0 Å². The first-order chi connectivity index (χ1) is 12.5. The minimum absolute atomic E-state index is 0.0174. The Hall–Kier alpha value is -2.21. The van der Waals surface area contributed by atoms with E-state index in [1.807, 2.05) is 12.1 Å². The van der Waals surface area contributed by atoms with Gasteiger partial charge in [-0.05, 0) is 50.7 Å². The molecule has 0 spiro atoms. The van der Waals surface area contributed by atoms with Crippen molar-refractivity contribution in [1.82, 2.24) is 15.5 Å². The maximum atomic E-state index is 12.9. The van der Waals surface area contributed by atoms with E-state index >= 15 is 0 Å². The summed E-state index contributed by atoms with van der Waals surface area (Å²) in [6.07, 6.45) is 2.67. The maximum Gasteiger partial charge on any atom is 0.230 e. The molecule has 2 fully saturated rings. The van der Waals surface area contributed by atoms with Crippen molar-refractivity contribution in [3.8, 4) is 0 Å². The molecule has 6 nitrogen and oxygen atoms in total. The molecule has 0 saturated heterocycles. The number of benzene rings is 1. The van der Waals surface area contributed by atoms with Crippen LogP contribution in [0.1, 0.15) is 54.4 Å². The van der Waals surface area contributed by atoms with Crippen LogP contribution in [0.2, 0.25) is 0 Å². The van der Waals surface area contributed by atoms with Gasteiger partial charge in [0, 0.05) is 18.4 Å². The smallest absolute Gasteiger partial charge is 0.230 e. The van der Waals surface area contributed by atoms with Gasteiger partial charge in [0.25, 0.3) is 0 Å². The summed E-state index contributed by atoms with van der Waals surface area (Å²) in [5, 5.41) is 17.3. The van der Waals surface area contributed by atoms with Gasteiger partial charge in [0.15, 0.2) is 5.82 Å². The lowest BCUT2D eigenvalue weighted by molar-refractivity contribution is -0.123. The fourth-order valence-electron chi connectivity index (χ4n) is 4.25. The summed E-state index contributed by atoms with van der Waals surface area (Å²) in [7, 11) is 0. The number of aryl methyl sites for hydroxylation is 2. The molecule has 2 aromatic rings. The first kappa shape index (κ1) is 17.2. The third kappa shape index (κ3) is 3.03. The first-order valence-corrected chi connectivity index (χ1v) is 9.32. The monoisotopic (exact) mass is 355 g/mol. The number of nitrogens with one attached hydrogen (secondary N) is 1. The lowest BCUT2D eigenvalue weighted by Gasteiger charge is -2.20. The van der Waals surface area contributed by atoms with E-state index in [-0.39, 0.29) is 23.2 Å². The largest absolute Gasteiger partial charge is 0.393 e. The average Bonchev–Trinajstić information content (AvgIpc) is 3.18. The number of rotatable bonds is 5. The summed E-state index contributed by atoms with van der Waals surface area (Å²) < 4.78 is 5.25. The van der Waals surface area contributed by atoms with Crippen molar-refractivity contribution in [3.05, 3.63) is 47.1 Å². The summed E-state index contributed by atoms with van der Waals surface area (Å²) in [6.45, 7) is 4.33. The van der Waals surface area contributed by atoms with Gasteiger partial charge < -0.3 is 14.9 Å². The molecule has 0 radical (unpaired) electrons. The Morgan fingerprint density at radius 3 is 2.73 bits per heavy atom. The molecule has 2 aliphatic rings. The second-order valence-corrected chi connectivity index (χ2v) is 7.78. The van der Waals surface area contributed by atoms with E-state index in [9.17, 15) is 9.90 Å². The van der Waals surface area contributed by atoms with E-state index in [0.29, 0.717) is 24.7 Å². The van der Waals surface area contributed by atoms with Gasteiger partial charge in [-0.15, -0.1) is 0 Å². The summed E-state index contributed by atoms with van der Waals surface area (Å²) >= 11 is 0. The van der Waals surface area contributed by atoms with Crippen molar-refractivity contribution in [2.75, 3.05) is 6.54 Å². The summed E-state index contributed by atoms with van der Waals surface area (Å²) in [5.41, 5.74) is 1.91. The molecule has 138 valence electrons. The van der Waals surface area contributed by atoms with Gasteiger partial charge in [-0.25, -0.2) is 0 Å². The van der Waals surface area contributed by atoms with Crippen molar-refractivity contribution < 1.29 is 14.4 Å². The molecule has 1 aromatic carbocycles. The number of hydrogen-bond acceptors (Lipinski definition) is 5. The number of hydrogen-bond donors (Lipinski definition) is 2. The number of carbonyl (C=O) groups is 1. The van der Waals surface area contributed by atoms with E-state index < -0.39 is 6.10 Å². The molecule has 26 heavy (non-hydrogen) atoms. The molecule has 0 aliphatic heterocycles. The van der Waals surface area contributed by atoms with Crippen LogP contribution in [-0.2, 0) is 10.2 Å². The molecule has 1 aromatic heterocycles. The Kier molecular flexibility index (Phi) is 4.31. The quantitative estimate of drug-likeness (QED) is 0.860. The Balaban J connectivity index is 1.38. The van der Waals surface area contributed by atoms with Crippen molar-refractivity contribution in [1.29, 1.82) is 0 Å². The molecule has 0 bridgehead atoms. The maximum absolute atomic E-state index is 12.9. The topological polar surface area (TPSA) is 88.2 Å². The molecule has 2 aliphatic carbocycles. The highest BCUT2D eigenvalue weighted by Gasteiger charge is 2.52. The zero-order chi connectivity index (χ0) is 18.3. The molecular formula is C20H25N3O3. The van der Waals surface area contributed by atoms with Gasteiger partial charge in [0.05, 0.1) is 11.5 Å². The second kappa shape index (κ2) is 6.50. The fourth-order valence-corrected chi connectivity index (χ4v) is 4.25. The van der Waals surface area contributed by atoms with Crippen LogP contribution in [0.4, 0.5) is 0 Å².